The number of hydrogen-bond donors (Lipinski definition) is 2. The number of anilines is 1. The summed E-state index contributed by atoms with van der Waals surface area (Å²) in [6, 6.07) is 15.5. The van der Waals surface area contributed by atoms with Gasteiger partial charge in [0.25, 0.3) is 5.91 Å². The van der Waals surface area contributed by atoms with Gasteiger partial charge in [0, 0.05) is 24.5 Å². The minimum Gasteiger partial charge on any atom is -0.458 e. The molecule has 4 rings (SSSR count). The first-order valence-electron chi connectivity index (χ1n) is 10.0. The number of sulfonamides is 1. The summed E-state index contributed by atoms with van der Waals surface area (Å²) in [6.45, 7) is 1.77. The van der Waals surface area contributed by atoms with Crippen LogP contribution in [0.3, 0.4) is 0 Å². The molecular formula is C22H24IN3O4S. The van der Waals surface area contributed by atoms with E-state index in [0.717, 1.165) is 32.2 Å². The summed E-state index contributed by atoms with van der Waals surface area (Å²) in [7, 11) is -3.49. The largest absolute Gasteiger partial charge is 0.458 e. The molecule has 0 radical (unpaired) electrons. The zero-order valence-electron chi connectivity index (χ0n) is 17.0. The third-order valence-corrected chi connectivity index (χ3v) is 7.22. The van der Waals surface area contributed by atoms with Gasteiger partial charge in [0.2, 0.25) is 15.8 Å². The number of carbonyl (C=O) groups is 1. The van der Waals surface area contributed by atoms with Crippen molar-refractivity contribution >= 4 is 55.0 Å². The molecule has 2 N–H and O–H groups in total. The highest BCUT2D eigenvalue weighted by Gasteiger charge is 2.29. The first kappa shape index (κ1) is 22.1. The monoisotopic (exact) mass is 553 g/mol. The van der Waals surface area contributed by atoms with Crippen molar-refractivity contribution in [3.63, 3.8) is 0 Å². The zero-order chi connectivity index (χ0) is 22.0. The van der Waals surface area contributed by atoms with Crippen molar-refractivity contribution in [2.45, 2.75) is 29.5 Å². The fraction of sp³-hybridized carbons (Fsp3) is 0.318. The van der Waals surface area contributed by atoms with Gasteiger partial charge in [-0.1, -0.05) is 65.1 Å². The van der Waals surface area contributed by atoms with Crippen molar-refractivity contribution in [1.82, 2.24) is 10.2 Å². The van der Waals surface area contributed by atoms with Crippen molar-refractivity contribution in [1.29, 1.82) is 0 Å². The highest BCUT2D eigenvalue weighted by Crippen LogP contribution is 2.30. The average molecular weight is 553 g/mol. The number of benzene rings is 2. The molecule has 3 aromatic rings. The molecule has 164 valence electrons. The van der Waals surface area contributed by atoms with Gasteiger partial charge < -0.3 is 9.73 Å². The van der Waals surface area contributed by atoms with Gasteiger partial charge in [0.1, 0.15) is 0 Å². The van der Waals surface area contributed by atoms with Crippen LogP contribution in [0.2, 0.25) is 0 Å². The smallest absolute Gasteiger partial charge is 0.287 e. The Morgan fingerprint density at radius 1 is 1.19 bits per heavy atom. The highest BCUT2D eigenvalue weighted by atomic mass is 127. The van der Waals surface area contributed by atoms with E-state index >= 15 is 0 Å². The molecule has 1 aromatic heterocycles. The van der Waals surface area contributed by atoms with Crippen molar-refractivity contribution in [3.05, 3.63) is 66.1 Å². The lowest BCUT2D eigenvalue weighted by Gasteiger charge is -2.36. The standard InChI is InChI=1S/C22H24IN3O4S/c1-31(28,29)25-18-9-5-8-16-14-30-21(20(16)18)22(27)24-17-10-11-26(19(23)12-17)13-15-6-3-2-4-7-15/h2-9,14,17,19,25H,10-13H2,1H3,(H,24,27). The maximum absolute atomic E-state index is 13.0. The van der Waals surface area contributed by atoms with Crippen LogP contribution in [0.15, 0.2) is 59.2 Å². The fourth-order valence-electron chi connectivity index (χ4n) is 3.90. The summed E-state index contributed by atoms with van der Waals surface area (Å²) in [5, 5.41) is 4.22. The van der Waals surface area contributed by atoms with Crippen LogP contribution in [0, 0.1) is 0 Å². The van der Waals surface area contributed by atoms with Crippen LogP contribution >= 0.6 is 22.6 Å². The average Bonchev–Trinajstić information content (AvgIpc) is 3.15. The Hall–Kier alpha value is -2.11. The molecule has 2 atom stereocenters. The molecule has 0 spiro atoms. The summed E-state index contributed by atoms with van der Waals surface area (Å²) in [5.41, 5.74) is 1.61. The van der Waals surface area contributed by atoms with Gasteiger partial charge in [0.05, 0.1) is 27.6 Å². The Bertz CT molecular complexity index is 1180. The summed E-state index contributed by atoms with van der Waals surface area (Å²) in [5.74, 6) is -0.207. The number of nitrogens with one attached hydrogen (secondary N) is 2. The van der Waals surface area contributed by atoms with E-state index in [-0.39, 0.29) is 17.7 Å². The number of carbonyl (C=O) groups excluding carboxylic acids is 1. The molecule has 9 heteroatoms. The van der Waals surface area contributed by atoms with E-state index in [2.05, 4.69) is 49.7 Å². The number of alkyl halides is 1. The molecular weight excluding hydrogens is 529 g/mol. The molecule has 0 saturated carbocycles. The van der Waals surface area contributed by atoms with Crippen molar-refractivity contribution in [2.24, 2.45) is 0 Å². The topological polar surface area (TPSA) is 91.6 Å². The number of fused-ring (bicyclic) bond motifs is 1. The van der Waals surface area contributed by atoms with Crippen LogP contribution in [0.4, 0.5) is 5.69 Å². The van der Waals surface area contributed by atoms with E-state index in [4.69, 9.17) is 4.42 Å². The molecule has 0 aliphatic carbocycles. The Morgan fingerprint density at radius 3 is 2.68 bits per heavy atom. The third-order valence-electron chi connectivity index (χ3n) is 5.33. The van der Waals surface area contributed by atoms with Gasteiger partial charge in [-0.15, -0.1) is 0 Å². The minimum absolute atomic E-state index is 0.0246. The van der Waals surface area contributed by atoms with E-state index in [1.54, 1.807) is 18.2 Å². The number of hydrogen-bond acceptors (Lipinski definition) is 5. The third kappa shape index (κ3) is 5.39. The lowest BCUT2D eigenvalue weighted by molar-refractivity contribution is 0.0879. The van der Waals surface area contributed by atoms with Gasteiger partial charge in [-0.25, -0.2) is 8.42 Å². The molecule has 2 unspecified atom stereocenters. The summed E-state index contributed by atoms with van der Waals surface area (Å²) in [6.07, 6.45) is 4.22. The van der Waals surface area contributed by atoms with E-state index in [1.807, 2.05) is 18.2 Å². The van der Waals surface area contributed by atoms with Gasteiger partial charge in [-0.2, -0.15) is 0 Å². The van der Waals surface area contributed by atoms with E-state index in [1.165, 1.54) is 11.8 Å². The number of piperidine rings is 1. The molecule has 1 saturated heterocycles. The Morgan fingerprint density at radius 2 is 1.97 bits per heavy atom. The molecule has 1 aliphatic rings. The Balaban J connectivity index is 1.45. The van der Waals surface area contributed by atoms with Crippen molar-refractivity contribution < 1.29 is 17.6 Å². The van der Waals surface area contributed by atoms with Crippen LogP contribution in [-0.2, 0) is 16.6 Å². The predicted molar refractivity (Wildman–Crippen MR) is 130 cm³/mol. The highest BCUT2D eigenvalue weighted by molar-refractivity contribution is 14.1. The number of nitrogens with zero attached hydrogens (tertiary/aromatic N) is 1. The first-order chi connectivity index (χ1) is 14.8. The zero-order valence-corrected chi connectivity index (χ0v) is 20.0. The maximum Gasteiger partial charge on any atom is 0.287 e. The second kappa shape index (κ2) is 9.17. The number of likely N-dealkylation sites (tertiary alicyclic amines) is 1. The fourth-order valence-corrected chi connectivity index (χ4v) is 5.56. The van der Waals surface area contributed by atoms with Gasteiger partial charge >= 0.3 is 0 Å². The quantitative estimate of drug-likeness (QED) is 0.274. The van der Waals surface area contributed by atoms with Crippen LogP contribution in [0.1, 0.15) is 29.0 Å². The maximum atomic E-state index is 13.0. The second-order valence-electron chi connectivity index (χ2n) is 7.79. The lowest BCUT2D eigenvalue weighted by Crippen LogP contribution is -2.47. The van der Waals surface area contributed by atoms with E-state index in [9.17, 15) is 13.2 Å². The first-order valence-corrected chi connectivity index (χ1v) is 13.1. The number of halogens is 1. The molecule has 1 amide bonds. The number of rotatable bonds is 6. The van der Waals surface area contributed by atoms with Crippen LogP contribution in [0.25, 0.3) is 10.8 Å². The molecule has 2 heterocycles. The summed E-state index contributed by atoms with van der Waals surface area (Å²) < 4.78 is 31.7. The molecule has 0 bridgehead atoms. The van der Waals surface area contributed by atoms with Crippen LogP contribution in [0.5, 0.6) is 0 Å². The second-order valence-corrected chi connectivity index (χ2v) is 11.0. The molecule has 2 aromatic carbocycles. The molecule has 7 nitrogen and oxygen atoms in total. The van der Waals surface area contributed by atoms with Gasteiger partial charge in [-0.3, -0.25) is 14.4 Å². The predicted octanol–water partition coefficient (Wildman–Crippen LogP) is 3.96. The SMILES string of the molecule is CS(=O)(=O)Nc1cccc2coc(C(=O)NC3CCN(Cc4ccccc4)C(I)C3)c12. The molecule has 31 heavy (non-hydrogen) atoms. The number of amides is 1. The number of furan rings is 1. The van der Waals surface area contributed by atoms with Crippen molar-refractivity contribution in [2.75, 3.05) is 17.5 Å². The summed E-state index contributed by atoms with van der Waals surface area (Å²) in [4.78, 5) is 15.4. The van der Waals surface area contributed by atoms with Gasteiger partial charge in [-0.05, 0) is 24.5 Å². The van der Waals surface area contributed by atoms with Crippen molar-refractivity contribution in [3.8, 4) is 0 Å². The van der Waals surface area contributed by atoms with Gasteiger partial charge in [0.15, 0.2) is 0 Å². The lowest BCUT2D eigenvalue weighted by atomic mass is 10.0. The minimum atomic E-state index is -3.49. The normalized spacial score (nSPS) is 19.9. The Kier molecular flexibility index (Phi) is 6.54. The van der Waals surface area contributed by atoms with E-state index < -0.39 is 10.0 Å². The van der Waals surface area contributed by atoms with Crippen LogP contribution in [-0.4, -0.2) is 42.1 Å². The summed E-state index contributed by atoms with van der Waals surface area (Å²) >= 11 is 2.43. The molecule has 1 aliphatic heterocycles. The van der Waals surface area contributed by atoms with Crippen LogP contribution < -0.4 is 10.0 Å². The van der Waals surface area contributed by atoms with E-state index in [0.29, 0.717) is 20.5 Å². The molecule has 1 fully saturated rings. The Labute approximate surface area is 195 Å².